The molecule has 0 aromatic heterocycles. The third-order valence-corrected chi connectivity index (χ3v) is 2.83. The van der Waals surface area contributed by atoms with Crippen LogP contribution in [0.5, 0.6) is 5.75 Å². The normalized spacial score (nSPS) is 10.9. The molecule has 0 aliphatic rings. The van der Waals surface area contributed by atoms with Gasteiger partial charge in [-0.3, -0.25) is 0 Å². The molecule has 0 fully saturated rings. The van der Waals surface area contributed by atoms with Crippen molar-refractivity contribution in [3.63, 3.8) is 0 Å². The zero-order valence-electron chi connectivity index (χ0n) is 10.8. The van der Waals surface area contributed by atoms with Gasteiger partial charge in [-0.2, -0.15) is 5.26 Å². The van der Waals surface area contributed by atoms with Crippen LogP contribution in [0.1, 0.15) is 32.3 Å². The van der Waals surface area contributed by atoms with Crippen molar-refractivity contribution in [2.24, 2.45) is 5.41 Å². The van der Waals surface area contributed by atoms with E-state index in [-0.39, 0.29) is 5.41 Å². The summed E-state index contributed by atoms with van der Waals surface area (Å²) in [4.78, 5) is 0. The Morgan fingerprint density at radius 3 is 2.76 bits per heavy atom. The molecule has 0 radical (unpaired) electrons. The third-order valence-electron chi connectivity index (χ3n) is 2.83. The van der Waals surface area contributed by atoms with Gasteiger partial charge in [0.05, 0.1) is 18.1 Å². The van der Waals surface area contributed by atoms with E-state index >= 15 is 0 Å². The predicted molar refractivity (Wildman–Crippen MR) is 69.7 cm³/mol. The third kappa shape index (κ3) is 3.99. The number of nitriles is 1. The van der Waals surface area contributed by atoms with Gasteiger partial charge in [-0.25, -0.2) is 0 Å². The first-order chi connectivity index (χ1) is 7.96. The summed E-state index contributed by atoms with van der Waals surface area (Å²) in [6, 6.07) is 7.95. The van der Waals surface area contributed by atoms with Crippen LogP contribution in [0.3, 0.4) is 0 Å². The molecule has 0 amide bonds. The standard InChI is InChI=1S/C14H20N2O/c1-11-12(16)6-4-7-13(11)17-9-5-8-14(2,3)10-15/h4,6-7H,5,8-9,16H2,1-3H3. The summed E-state index contributed by atoms with van der Waals surface area (Å²) in [5, 5.41) is 8.88. The molecule has 0 bridgehead atoms. The van der Waals surface area contributed by atoms with Gasteiger partial charge < -0.3 is 10.5 Å². The molecule has 0 saturated carbocycles. The lowest BCUT2D eigenvalue weighted by Gasteiger charge is -2.15. The highest BCUT2D eigenvalue weighted by atomic mass is 16.5. The van der Waals surface area contributed by atoms with Crippen molar-refractivity contribution in [2.45, 2.75) is 33.6 Å². The van der Waals surface area contributed by atoms with E-state index in [1.165, 1.54) is 0 Å². The highest BCUT2D eigenvalue weighted by molar-refractivity contribution is 5.53. The Morgan fingerprint density at radius 1 is 1.41 bits per heavy atom. The molecule has 17 heavy (non-hydrogen) atoms. The first-order valence-electron chi connectivity index (χ1n) is 5.85. The first kappa shape index (κ1) is 13.4. The minimum Gasteiger partial charge on any atom is -0.493 e. The van der Waals surface area contributed by atoms with Gasteiger partial charge in [0, 0.05) is 11.3 Å². The Kier molecular flexibility index (Phi) is 4.39. The smallest absolute Gasteiger partial charge is 0.124 e. The van der Waals surface area contributed by atoms with Crippen molar-refractivity contribution in [2.75, 3.05) is 12.3 Å². The second-order valence-corrected chi connectivity index (χ2v) is 4.92. The molecule has 1 aromatic carbocycles. The molecule has 0 aliphatic heterocycles. The fourth-order valence-corrected chi connectivity index (χ4v) is 1.54. The van der Waals surface area contributed by atoms with Crippen molar-refractivity contribution in [1.29, 1.82) is 5.26 Å². The monoisotopic (exact) mass is 232 g/mol. The van der Waals surface area contributed by atoms with Crippen LogP contribution in [-0.4, -0.2) is 6.61 Å². The largest absolute Gasteiger partial charge is 0.493 e. The zero-order chi connectivity index (χ0) is 12.9. The molecule has 92 valence electrons. The van der Waals surface area contributed by atoms with E-state index in [0.29, 0.717) is 6.61 Å². The number of nitrogens with zero attached hydrogens (tertiary/aromatic N) is 1. The maximum Gasteiger partial charge on any atom is 0.124 e. The fraction of sp³-hybridized carbons (Fsp3) is 0.500. The van der Waals surface area contributed by atoms with Crippen LogP contribution >= 0.6 is 0 Å². The lowest BCUT2D eigenvalue weighted by Crippen LogP contribution is -2.10. The van der Waals surface area contributed by atoms with E-state index < -0.39 is 0 Å². The molecular weight excluding hydrogens is 212 g/mol. The minimum atomic E-state index is -0.270. The van der Waals surface area contributed by atoms with Gasteiger partial charge in [0.15, 0.2) is 0 Å². The molecule has 1 rings (SSSR count). The molecule has 1 aromatic rings. The van der Waals surface area contributed by atoms with Crippen molar-refractivity contribution < 1.29 is 4.74 Å². The number of rotatable bonds is 5. The average molecular weight is 232 g/mol. The van der Waals surface area contributed by atoms with Gasteiger partial charge in [-0.05, 0) is 45.7 Å². The number of nitrogens with two attached hydrogens (primary N) is 1. The van der Waals surface area contributed by atoms with Gasteiger partial charge >= 0.3 is 0 Å². The van der Waals surface area contributed by atoms with E-state index in [1.807, 2.05) is 39.0 Å². The van der Waals surface area contributed by atoms with Gasteiger partial charge in [-0.15, -0.1) is 0 Å². The number of benzene rings is 1. The highest BCUT2D eigenvalue weighted by Gasteiger charge is 2.15. The molecule has 0 spiro atoms. The van der Waals surface area contributed by atoms with Crippen LogP contribution in [0, 0.1) is 23.7 Å². The topological polar surface area (TPSA) is 59.0 Å². The summed E-state index contributed by atoms with van der Waals surface area (Å²) >= 11 is 0. The van der Waals surface area contributed by atoms with Crippen LogP contribution < -0.4 is 10.5 Å². The van der Waals surface area contributed by atoms with Crippen molar-refractivity contribution in [1.82, 2.24) is 0 Å². The Balaban J connectivity index is 2.42. The summed E-state index contributed by atoms with van der Waals surface area (Å²) in [6.07, 6.45) is 1.71. The number of nitrogen functional groups attached to an aromatic ring is 1. The molecule has 0 unspecified atom stereocenters. The second kappa shape index (κ2) is 5.58. The van der Waals surface area contributed by atoms with Crippen LogP contribution in [0.2, 0.25) is 0 Å². The first-order valence-corrected chi connectivity index (χ1v) is 5.85. The predicted octanol–water partition coefficient (Wildman–Crippen LogP) is 3.29. The maximum atomic E-state index is 8.88. The maximum absolute atomic E-state index is 8.88. The summed E-state index contributed by atoms with van der Waals surface area (Å²) in [7, 11) is 0. The quantitative estimate of drug-likeness (QED) is 0.626. The minimum absolute atomic E-state index is 0.270. The summed E-state index contributed by atoms with van der Waals surface area (Å²) in [5.41, 5.74) is 7.25. The Hall–Kier alpha value is -1.69. The number of ether oxygens (including phenoxy) is 1. The van der Waals surface area contributed by atoms with Crippen LogP contribution in [0.25, 0.3) is 0 Å². The SMILES string of the molecule is Cc1c(N)cccc1OCCCC(C)(C)C#N. The number of hydrogen-bond donors (Lipinski definition) is 1. The van der Waals surface area contributed by atoms with Gasteiger partial charge in [0.25, 0.3) is 0 Å². The van der Waals surface area contributed by atoms with Crippen molar-refractivity contribution in [3.05, 3.63) is 23.8 Å². The highest BCUT2D eigenvalue weighted by Crippen LogP contribution is 2.24. The molecule has 0 heterocycles. The number of hydrogen-bond acceptors (Lipinski definition) is 3. The van der Waals surface area contributed by atoms with Crippen LogP contribution in [0.4, 0.5) is 5.69 Å². The molecule has 0 saturated heterocycles. The average Bonchev–Trinajstić information content (AvgIpc) is 2.30. The molecule has 0 atom stereocenters. The Morgan fingerprint density at radius 2 is 2.12 bits per heavy atom. The summed E-state index contributed by atoms with van der Waals surface area (Å²) < 4.78 is 5.67. The van der Waals surface area contributed by atoms with E-state index in [0.717, 1.165) is 29.8 Å². The number of anilines is 1. The van der Waals surface area contributed by atoms with E-state index in [9.17, 15) is 0 Å². The van der Waals surface area contributed by atoms with Gasteiger partial charge in [-0.1, -0.05) is 6.07 Å². The molecule has 0 aliphatic carbocycles. The molecule has 2 N–H and O–H groups in total. The summed E-state index contributed by atoms with van der Waals surface area (Å²) in [6.45, 7) is 6.46. The molecular formula is C14H20N2O. The van der Waals surface area contributed by atoms with E-state index in [4.69, 9.17) is 15.7 Å². The Bertz CT molecular complexity index is 419. The Labute approximate surface area is 103 Å². The fourth-order valence-electron chi connectivity index (χ4n) is 1.54. The molecule has 3 heteroatoms. The summed E-state index contributed by atoms with van der Waals surface area (Å²) in [5.74, 6) is 0.833. The van der Waals surface area contributed by atoms with Crippen molar-refractivity contribution >= 4 is 5.69 Å². The zero-order valence-corrected chi connectivity index (χ0v) is 10.8. The van der Waals surface area contributed by atoms with Gasteiger partial charge in [0.1, 0.15) is 5.75 Å². The van der Waals surface area contributed by atoms with Crippen LogP contribution in [-0.2, 0) is 0 Å². The van der Waals surface area contributed by atoms with Crippen molar-refractivity contribution in [3.8, 4) is 11.8 Å². The van der Waals surface area contributed by atoms with Crippen LogP contribution in [0.15, 0.2) is 18.2 Å². The molecule has 3 nitrogen and oxygen atoms in total. The van der Waals surface area contributed by atoms with E-state index in [2.05, 4.69) is 6.07 Å². The van der Waals surface area contributed by atoms with E-state index in [1.54, 1.807) is 0 Å². The van der Waals surface area contributed by atoms with Gasteiger partial charge in [0.2, 0.25) is 0 Å². The lowest BCUT2D eigenvalue weighted by molar-refractivity contribution is 0.283. The lowest BCUT2D eigenvalue weighted by atomic mass is 9.90. The second-order valence-electron chi connectivity index (χ2n) is 4.92.